The summed E-state index contributed by atoms with van der Waals surface area (Å²) in [5, 5.41) is 4.31. The second-order valence-corrected chi connectivity index (χ2v) is 13.2. The zero-order chi connectivity index (χ0) is 26.8. The lowest BCUT2D eigenvalue weighted by atomic mass is 9.71. The van der Waals surface area contributed by atoms with Crippen molar-refractivity contribution in [3.8, 4) is 11.6 Å². The first-order chi connectivity index (χ1) is 19.0. The van der Waals surface area contributed by atoms with Crippen LogP contribution in [0.15, 0.2) is 60.9 Å². The Balaban J connectivity index is 1.18. The Bertz CT molecular complexity index is 1370. The lowest BCUT2D eigenvalue weighted by molar-refractivity contribution is 0.161. The summed E-state index contributed by atoms with van der Waals surface area (Å²) in [6.45, 7) is 7.36. The summed E-state index contributed by atoms with van der Waals surface area (Å²) >= 11 is 1.66. The van der Waals surface area contributed by atoms with E-state index in [1.165, 1.54) is 56.1 Å². The summed E-state index contributed by atoms with van der Waals surface area (Å²) in [5.74, 6) is 3.95. The molecule has 2 aliphatic rings. The van der Waals surface area contributed by atoms with Gasteiger partial charge < -0.3 is 10.1 Å². The van der Waals surface area contributed by atoms with Crippen LogP contribution in [-0.2, 0) is 0 Å². The number of thiazole rings is 1. The molecule has 4 aromatic rings. The largest absolute Gasteiger partial charge is 0.437 e. The molecular weight excluding hydrogens is 500 g/mol. The maximum Gasteiger partial charge on any atom is 0.241 e. The van der Waals surface area contributed by atoms with E-state index in [0.29, 0.717) is 35.0 Å². The number of ether oxygens (including phenoxy) is 1. The molecule has 2 aliphatic carbocycles. The molecule has 2 aromatic heterocycles. The van der Waals surface area contributed by atoms with Crippen LogP contribution >= 0.6 is 11.3 Å². The molecule has 0 aliphatic heterocycles. The van der Waals surface area contributed by atoms with Crippen LogP contribution in [0.25, 0.3) is 10.2 Å². The molecule has 0 radical (unpaired) electrons. The number of para-hydroxylation sites is 1. The van der Waals surface area contributed by atoms with Gasteiger partial charge in [-0.1, -0.05) is 76.3 Å². The Morgan fingerprint density at radius 1 is 0.923 bits per heavy atom. The lowest BCUT2D eigenvalue weighted by Crippen LogP contribution is -2.24. The number of anilines is 2. The average Bonchev–Trinajstić information content (AvgIpc) is 3.43. The number of rotatable bonds is 6. The quantitative estimate of drug-likeness (QED) is 0.264. The number of nitrogens with zero attached hydrogens (tertiary/aromatic N) is 3. The van der Waals surface area contributed by atoms with Gasteiger partial charge in [0.15, 0.2) is 5.13 Å². The molecule has 6 rings (SSSR count). The molecule has 5 nitrogen and oxygen atoms in total. The predicted octanol–water partition coefficient (Wildman–Crippen LogP) is 9.75. The Morgan fingerprint density at radius 3 is 2.51 bits per heavy atom. The molecule has 0 spiro atoms. The Kier molecular flexibility index (Phi) is 7.57. The SMILES string of the molecule is CC(C)C1(C)CCCCCCCC2C(C1)C2c1nccnc1Oc1ccc(Nc2nc3ccccc3s2)cc1. The first-order valence-corrected chi connectivity index (χ1v) is 15.5. The molecule has 0 amide bonds. The Labute approximate surface area is 236 Å². The second kappa shape index (κ2) is 11.2. The molecule has 4 atom stereocenters. The van der Waals surface area contributed by atoms with Gasteiger partial charge in [0.25, 0.3) is 0 Å². The van der Waals surface area contributed by atoms with Crippen LogP contribution in [0.4, 0.5) is 10.8 Å². The fourth-order valence-corrected chi connectivity index (χ4v) is 7.42. The highest BCUT2D eigenvalue weighted by molar-refractivity contribution is 7.22. The molecule has 0 bridgehead atoms. The van der Waals surface area contributed by atoms with Crippen LogP contribution < -0.4 is 10.1 Å². The fourth-order valence-electron chi connectivity index (χ4n) is 6.54. The van der Waals surface area contributed by atoms with Crippen molar-refractivity contribution < 1.29 is 4.74 Å². The summed E-state index contributed by atoms with van der Waals surface area (Å²) in [5.41, 5.74) is 3.43. The maximum atomic E-state index is 6.39. The van der Waals surface area contributed by atoms with Crippen molar-refractivity contribution in [3.05, 3.63) is 66.6 Å². The van der Waals surface area contributed by atoms with Gasteiger partial charge in [-0.05, 0) is 78.8 Å². The third-order valence-corrected chi connectivity index (χ3v) is 10.3. The van der Waals surface area contributed by atoms with Gasteiger partial charge in [0.2, 0.25) is 5.88 Å². The van der Waals surface area contributed by atoms with Gasteiger partial charge in [0.1, 0.15) is 11.4 Å². The van der Waals surface area contributed by atoms with Gasteiger partial charge in [-0.2, -0.15) is 0 Å². The van der Waals surface area contributed by atoms with Crippen LogP contribution in [0.1, 0.15) is 83.7 Å². The molecule has 1 N–H and O–H groups in total. The molecular formula is C33H40N4OS. The predicted molar refractivity (Wildman–Crippen MR) is 161 cm³/mol. The molecule has 39 heavy (non-hydrogen) atoms. The number of hydrogen-bond donors (Lipinski definition) is 1. The third kappa shape index (κ3) is 5.81. The number of nitrogens with one attached hydrogen (secondary N) is 1. The number of fused-ring (bicyclic) bond motifs is 2. The van der Waals surface area contributed by atoms with Crippen LogP contribution in [0.3, 0.4) is 0 Å². The van der Waals surface area contributed by atoms with Crippen LogP contribution in [0, 0.1) is 23.2 Å². The normalized spacial score (nSPS) is 25.6. The van der Waals surface area contributed by atoms with E-state index in [1.54, 1.807) is 17.5 Å². The molecule has 2 aromatic carbocycles. The minimum atomic E-state index is 0.386. The summed E-state index contributed by atoms with van der Waals surface area (Å²) in [7, 11) is 0. The zero-order valence-corrected chi connectivity index (χ0v) is 24.2. The lowest BCUT2D eigenvalue weighted by Gasteiger charge is -2.34. The number of hydrogen-bond acceptors (Lipinski definition) is 6. The van der Waals surface area contributed by atoms with Crippen molar-refractivity contribution >= 4 is 32.4 Å². The molecule has 204 valence electrons. The molecule has 2 fully saturated rings. The van der Waals surface area contributed by atoms with Gasteiger partial charge >= 0.3 is 0 Å². The van der Waals surface area contributed by atoms with Gasteiger partial charge in [-0.25, -0.2) is 9.97 Å². The summed E-state index contributed by atoms with van der Waals surface area (Å²) in [6.07, 6.45) is 14.3. The van der Waals surface area contributed by atoms with E-state index in [9.17, 15) is 0 Å². The van der Waals surface area contributed by atoms with E-state index in [-0.39, 0.29) is 0 Å². The zero-order valence-electron chi connectivity index (χ0n) is 23.4. The van der Waals surface area contributed by atoms with Crippen molar-refractivity contribution in [3.63, 3.8) is 0 Å². The molecule has 6 heteroatoms. The second-order valence-electron chi connectivity index (χ2n) is 12.2. The topological polar surface area (TPSA) is 59.9 Å². The average molecular weight is 541 g/mol. The number of benzene rings is 2. The highest BCUT2D eigenvalue weighted by Gasteiger charge is 2.54. The van der Waals surface area contributed by atoms with E-state index >= 15 is 0 Å². The first-order valence-electron chi connectivity index (χ1n) is 14.7. The van der Waals surface area contributed by atoms with Crippen LogP contribution in [0.5, 0.6) is 11.6 Å². The van der Waals surface area contributed by atoms with Crippen LogP contribution in [-0.4, -0.2) is 15.0 Å². The van der Waals surface area contributed by atoms with Gasteiger partial charge in [-0.15, -0.1) is 0 Å². The van der Waals surface area contributed by atoms with Crippen molar-refractivity contribution in [1.29, 1.82) is 0 Å². The molecule has 2 heterocycles. The first kappa shape index (κ1) is 26.2. The third-order valence-electron chi connectivity index (χ3n) is 9.33. The number of aromatic nitrogens is 3. The monoisotopic (exact) mass is 540 g/mol. The molecule has 0 saturated heterocycles. The minimum absolute atomic E-state index is 0.386. The Morgan fingerprint density at radius 2 is 1.69 bits per heavy atom. The Hall–Kier alpha value is -2.99. The van der Waals surface area contributed by atoms with E-state index in [2.05, 4.69) is 42.1 Å². The molecule has 4 unspecified atom stereocenters. The van der Waals surface area contributed by atoms with Gasteiger partial charge in [-0.3, -0.25) is 4.98 Å². The molecule has 2 saturated carbocycles. The van der Waals surface area contributed by atoms with Gasteiger partial charge in [0, 0.05) is 24.0 Å². The standard InChI is InChI=1S/C33H40N4OS/c1-22(2)33(3)18-10-6-4-5-7-11-25-26(21-33)29(25)30-31(35-20-19-34-30)38-24-16-14-23(15-17-24)36-32-37-27-12-8-9-13-28(27)39-32/h8-9,12-17,19-20,22,25-26,29H,4-7,10-11,18,21H2,1-3H3,(H,36,37). The summed E-state index contributed by atoms with van der Waals surface area (Å²) < 4.78 is 7.57. The van der Waals surface area contributed by atoms with E-state index in [1.807, 2.05) is 48.7 Å². The summed E-state index contributed by atoms with van der Waals surface area (Å²) in [6, 6.07) is 16.3. The maximum absolute atomic E-state index is 6.39. The van der Waals surface area contributed by atoms with Crippen molar-refractivity contribution in [2.75, 3.05) is 5.32 Å². The van der Waals surface area contributed by atoms with Crippen LogP contribution in [0.2, 0.25) is 0 Å². The van der Waals surface area contributed by atoms with Crippen molar-refractivity contribution in [1.82, 2.24) is 15.0 Å². The van der Waals surface area contributed by atoms with E-state index in [4.69, 9.17) is 9.72 Å². The summed E-state index contributed by atoms with van der Waals surface area (Å²) in [4.78, 5) is 14.2. The fraction of sp³-hybridized carbons (Fsp3) is 0.485. The van der Waals surface area contributed by atoms with Crippen molar-refractivity contribution in [2.24, 2.45) is 23.2 Å². The minimum Gasteiger partial charge on any atom is -0.437 e. The van der Waals surface area contributed by atoms with E-state index < -0.39 is 0 Å². The highest BCUT2D eigenvalue weighted by atomic mass is 32.1. The van der Waals surface area contributed by atoms with E-state index in [0.717, 1.165) is 27.8 Å². The van der Waals surface area contributed by atoms with Gasteiger partial charge in [0.05, 0.1) is 10.2 Å². The highest BCUT2D eigenvalue weighted by Crippen LogP contribution is 2.63. The van der Waals surface area contributed by atoms with Crippen molar-refractivity contribution in [2.45, 2.75) is 78.1 Å². The smallest absolute Gasteiger partial charge is 0.241 e.